The predicted molar refractivity (Wildman–Crippen MR) is 49.9 cm³/mol. The summed E-state index contributed by atoms with van der Waals surface area (Å²) in [5.74, 6) is -2.17. The van der Waals surface area contributed by atoms with Gasteiger partial charge in [0, 0.05) is 0 Å². The molecule has 5 nitrogen and oxygen atoms in total. The van der Waals surface area contributed by atoms with Crippen molar-refractivity contribution in [3.8, 4) is 0 Å². The lowest BCUT2D eigenvalue weighted by molar-refractivity contribution is -0.173. The number of alkyl halides is 3. The number of halogens is 3. The Morgan fingerprint density at radius 3 is 2.00 bits per heavy atom. The van der Waals surface area contributed by atoms with Gasteiger partial charge in [-0.3, -0.25) is 9.36 Å². The molecule has 0 saturated carbocycles. The van der Waals surface area contributed by atoms with Crippen molar-refractivity contribution in [1.29, 1.82) is 0 Å². The third kappa shape index (κ3) is 5.48. The van der Waals surface area contributed by atoms with Crippen molar-refractivity contribution in [3.63, 3.8) is 0 Å². The summed E-state index contributed by atoms with van der Waals surface area (Å²) in [6.45, 7) is 3.05. The maximum absolute atomic E-state index is 11.8. The Hall–Kier alpha value is -0.590. The lowest BCUT2D eigenvalue weighted by Gasteiger charge is -2.17. The molecule has 0 aromatic rings. The van der Waals surface area contributed by atoms with Crippen molar-refractivity contribution >= 4 is 13.5 Å². The van der Waals surface area contributed by atoms with E-state index in [2.05, 4.69) is 9.05 Å². The van der Waals surface area contributed by atoms with Gasteiger partial charge in [-0.25, -0.2) is 0 Å². The van der Waals surface area contributed by atoms with E-state index in [1.807, 2.05) is 0 Å². The zero-order valence-corrected chi connectivity index (χ0v) is 9.73. The fourth-order valence-electron chi connectivity index (χ4n) is 0.791. The molecule has 0 fully saturated rings. The molecule has 0 radical (unpaired) electrons. The molecule has 0 spiro atoms. The average molecular weight is 263 g/mol. The summed E-state index contributed by atoms with van der Waals surface area (Å²) in [5, 5.41) is 1.46. The largest absolute Gasteiger partial charge is 0.471 e. The Morgan fingerprint density at radius 2 is 1.69 bits per heavy atom. The highest BCUT2D eigenvalue weighted by molar-refractivity contribution is 7.53. The summed E-state index contributed by atoms with van der Waals surface area (Å²) >= 11 is 0. The van der Waals surface area contributed by atoms with Crippen molar-refractivity contribution in [2.45, 2.75) is 20.0 Å². The maximum atomic E-state index is 11.8. The van der Waals surface area contributed by atoms with E-state index in [0.717, 1.165) is 0 Å². The highest BCUT2D eigenvalue weighted by atomic mass is 31.2. The molecule has 0 saturated heterocycles. The van der Waals surface area contributed by atoms with E-state index in [-0.39, 0.29) is 13.2 Å². The molecular formula is C7H13F3NO4P. The van der Waals surface area contributed by atoms with Gasteiger partial charge in [-0.15, -0.1) is 0 Å². The van der Waals surface area contributed by atoms with Crippen molar-refractivity contribution < 1.29 is 31.6 Å². The predicted octanol–water partition coefficient (Wildman–Crippen LogP) is 1.89. The number of carbonyl (C=O) groups excluding carboxylic acids is 1. The molecule has 0 atom stereocenters. The van der Waals surface area contributed by atoms with Crippen LogP contribution in [0.25, 0.3) is 0 Å². The van der Waals surface area contributed by atoms with Crippen molar-refractivity contribution in [3.05, 3.63) is 0 Å². The van der Waals surface area contributed by atoms with Gasteiger partial charge < -0.3 is 14.4 Å². The summed E-state index contributed by atoms with van der Waals surface area (Å²) in [6, 6.07) is 0. The third-order valence-corrected chi connectivity index (χ3v) is 3.19. The van der Waals surface area contributed by atoms with Crippen LogP contribution < -0.4 is 5.32 Å². The zero-order chi connectivity index (χ0) is 12.8. The van der Waals surface area contributed by atoms with Gasteiger partial charge >= 0.3 is 19.7 Å². The SMILES string of the molecule is CCOP(=O)(CNC(=O)C(F)(F)F)OCC. The highest BCUT2D eigenvalue weighted by Crippen LogP contribution is 2.46. The van der Waals surface area contributed by atoms with E-state index >= 15 is 0 Å². The second-order valence-corrected chi connectivity index (χ2v) is 4.66. The Kier molecular flexibility index (Phi) is 5.99. The Morgan fingerprint density at radius 1 is 1.25 bits per heavy atom. The standard InChI is InChI=1S/C7H13F3NO4P/c1-3-14-16(13,15-4-2)5-11-6(12)7(8,9)10/h3-5H2,1-2H3,(H,11,12). The number of amides is 1. The minimum atomic E-state index is -5.01. The van der Waals surface area contributed by atoms with Gasteiger partial charge in [0.05, 0.1) is 13.2 Å². The van der Waals surface area contributed by atoms with Gasteiger partial charge in [0.1, 0.15) is 6.29 Å². The fourth-order valence-corrected chi connectivity index (χ4v) is 2.17. The van der Waals surface area contributed by atoms with Gasteiger partial charge in [-0.1, -0.05) is 0 Å². The molecule has 0 bridgehead atoms. The summed E-state index contributed by atoms with van der Waals surface area (Å²) in [4.78, 5) is 10.5. The molecule has 0 aromatic heterocycles. The van der Waals surface area contributed by atoms with Crippen LogP contribution in [0.15, 0.2) is 0 Å². The number of hydrogen-bond acceptors (Lipinski definition) is 4. The van der Waals surface area contributed by atoms with E-state index in [1.165, 1.54) is 19.2 Å². The lowest BCUT2D eigenvalue weighted by atomic mass is 10.6. The minimum absolute atomic E-state index is 0.0131. The van der Waals surface area contributed by atoms with Crippen LogP contribution in [0.4, 0.5) is 13.2 Å². The fraction of sp³-hybridized carbons (Fsp3) is 0.857. The zero-order valence-electron chi connectivity index (χ0n) is 8.84. The first-order valence-corrected chi connectivity index (χ1v) is 6.21. The molecule has 9 heteroatoms. The first kappa shape index (κ1) is 15.4. The maximum Gasteiger partial charge on any atom is 0.471 e. The third-order valence-electron chi connectivity index (χ3n) is 1.34. The van der Waals surface area contributed by atoms with Crippen LogP contribution in [0.5, 0.6) is 0 Å². The topological polar surface area (TPSA) is 64.6 Å². The highest BCUT2D eigenvalue weighted by Gasteiger charge is 2.40. The molecule has 1 N–H and O–H groups in total. The van der Waals surface area contributed by atoms with Crippen molar-refractivity contribution in [2.24, 2.45) is 0 Å². The van der Waals surface area contributed by atoms with Gasteiger partial charge in [0.2, 0.25) is 0 Å². The van der Waals surface area contributed by atoms with Crippen LogP contribution in [0.3, 0.4) is 0 Å². The normalized spacial score (nSPS) is 12.6. The van der Waals surface area contributed by atoms with Crippen LogP contribution in [-0.4, -0.2) is 31.6 Å². The number of carbonyl (C=O) groups is 1. The molecule has 0 unspecified atom stereocenters. The first-order valence-electron chi connectivity index (χ1n) is 4.48. The second kappa shape index (κ2) is 6.22. The number of nitrogens with one attached hydrogen (secondary N) is 1. The van der Waals surface area contributed by atoms with Crippen molar-refractivity contribution in [1.82, 2.24) is 5.32 Å². The van der Waals surface area contributed by atoms with Crippen LogP contribution in [0.2, 0.25) is 0 Å². The van der Waals surface area contributed by atoms with E-state index in [4.69, 9.17) is 0 Å². The average Bonchev–Trinajstić information content (AvgIpc) is 2.13. The number of hydrogen-bond donors (Lipinski definition) is 1. The minimum Gasteiger partial charge on any atom is -0.337 e. The Balaban J connectivity index is 4.33. The van der Waals surface area contributed by atoms with E-state index in [0.29, 0.717) is 0 Å². The van der Waals surface area contributed by atoms with Gasteiger partial charge in [0.25, 0.3) is 0 Å². The molecule has 0 heterocycles. The van der Waals surface area contributed by atoms with E-state index in [1.54, 1.807) is 0 Å². The van der Waals surface area contributed by atoms with Crippen LogP contribution in [-0.2, 0) is 18.4 Å². The van der Waals surface area contributed by atoms with E-state index in [9.17, 15) is 22.5 Å². The van der Waals surface area contributed by atoms with Gasteiger partial charge in [-0.2, -0.15) is 13.2 Å². The molecule has 16 heavy (non-hydrogen) atoms. The summed E-state index contributed by atoms with van der Waals surface area (Å²) < 4.78 is 56.4. The number of rotatable bonds is 6. The van der Waals surface area contributed by atoms with E-state index < -0.39 is 26.0 Å². The molecule has 96 valence electrons. The van der Waals surface area contributed by atoms with Crippen LogP contribution >= 0.6 is 7.60 Å². The lowest BCUT2D eigenvalue weighted by Crippen LogP contribution is -2.37. The quantitative estimate of drug-likeness (QED) is 0.743. The van der Waals surface area contributed by atoms with Gasteiger partial charge in [-0.05, 0) is 13.8 Å². The molecule has 0 aliphatic carbocycles. The molecule has 0 aromatic carbocycles. The molecule has 0 aliphatic heterocycles. The molecule has 0 aliphatic rings. The summed E-state index contributed by atoms with van der Waals surface area (Å²) in [5.41, 5.74) is 0. The monoisotopic (exact) mass is 263 g/mol. The smallest absolute Gasteiger partial charge is 0.337 e. The van der Waals surface area contributed by atoms with Crippen LogP contribution in [0, 0.1) is 0 Å². The second-order valence-electron chi connectivity index (χ2n) is 2.61. The van der Waals surface area contributed by atoms with Crippen LogP contribution in [0.1, 0.15) is 13.8 Å². The molecule has 1 amide bonds. The molecule has 0 rings (SSSR count). The first-order chi connectivity index (χ1) is 7.25. The van der Waals surface area contributed by atoms with Gasteiger partial charge in [0.15, 0.2) is 0 Å². The molecular weight excluding hydrogens is 250 g/mol. The van der Waals surface area contributed by atoms with Crippen molar-refractivity contribution in [2.75, 3.05) is 19.5 Å². The Labute approximate surface area is 90.8 Å². The Bertz CT molecular complexity index is 271. The summed E-state index contributed by atoms with van der Waals surface area (Å²) in [7, 11) is -3.67. The summed E-state index contributed by atoms with van der Waals surface area (Å²) in [6.07, 6.45) is -5.81.